The molecule has 1 atom stereocenters. The number of likely N-dealkylation sites (tertiary alicyclic amines) is 1. The van der Waals surface area contributed by atoms with E-state index in [4.69, 9.17) is 5.73 Å². The molecule has 0 bridgehead atoms. The monoisotopic (exact) mass is 251 g/mol. The van der Waals surface area contributed by atoms with Crippen LogP contribution in [0.5, 0.6) is 0 Å². The number of halogens is 1. The van der Waals surface area contributed by atoms with E-state index in [9.17, 15) is 4.39 Å². The second kappa shape index (κ2) is 5.67. The van der Waals surface area contributed by atoms with E-state index in [0.717, 1.165) is 25.2 Å². The van der Waals surface area contributed by atoms with Crippen molar-refractivity contribution in [2.45, 2.75) is 25.4 Å². The molecule has 0 aliphatic carbocycles. The minimum atomic E-state index is -0.311. The number of rotatable bonds is 3. The van der Waals surface area contributed by atoms with Gasteiger partial charge in [0.15, 0.2) is 0 Å². The zero-order valence-electron chi connectivity index (χ0n) is 11.2. The summed E-state index contributed by atoms with van der Waals surface area (Å²) in [6.45, 7) is 2.96. The van der Waals surface area contributed by atoms with Crippen LogP contribution in [0.25, 0.3) is 0 Å². The molecule has 1 fully saturated rings. The lowest BCUT2D eigenvalue weighted by atomic mass is 10.0. The topological polar surface area (TPSA) is 32.5 Å². The molecule has 0 saturated carbocycles. The summed E-state index contributed by atoms with van der Waals surface area (Å²) in [6.07, 6.45) is 2.46. The summed E-state index contributed by atoms with van der Waals surface area (Å²) in [6, 6.07) is 5.72. The summed E-state index contributed by atoms with van der Waals surface area (Å²) in [5.41, 5.74) is 6.71. The van der Waals surface area contributed by atoms with Crippen LogP contribution in [0, 0.1) is 5.82 Å². The van der Waals surface area contributed by atoms with Gasteiger partial charge in [-0.3, -0.25) is 4.90 Å². The summed E-state index contributed by atoms with van der Waals surface area (Å²) < 4.78 is 13.4. The van der Waals surface area contributed by atoms with Crippen LogP contribution in [0.4, 0.5) is 10.1 Å². The predicted octanol–water partition coefficient (Wildman–Crippen LogP) is 1.93. The van der Waals surface area contributed by atoms with E-state index in [0.29, 0.717) is 6.04 Å². The van der Waals surface area contributed by atoms with Gasteiger partial charge in [-0.25, -0.2) is 4.39 Å². The minimum Gasteiger partial charge on any atom is -0.396 e. The van der Waals surface area contributed by atoms with Crippen LogP contribution in [-0.2, 0) is 6.54 Å². The molecule has 0 radical (unpaired) electrons. The van der Waals surface area contributed by atoms with Crippen molar-refractivity contribution in [3.8, 4) is 0 Å². The molecule has 0 amide bonds. The third-order valence-electron chi connectivity index (χ3n) is 3.68. The minimum absolute atomic E-state index is 0.226. The molecule has 1 aromatic rings. The highest BCUT2D eigenvalue weighted by molar-refractivity contribution is 5.41. The van der Waals surface area contributed by atoms with Gasteiger partial charge in [-0.15, -0.1) is 0 Å². The molecule has 18 heavy (non-hydrogen) atoms. The fraction of sp³-hybridized carbons (Fsp3) is 0.571. The Hall–Kier alpha value is -1.13. The third-order valence-corrected chi connectivity index (χ3v) is 3.68. The summed E-state index contributed by atoms with van der Waals surface area (Å²) in [7, 11) is 4.24. The molecule has 0 spiro atoms. The highest BCUT2D eigenvalue weighted by atomic mass is 19.1. The number of hydrogen-bond acceptors (Lipinski definition) is 3. The van der Waals surface area contributed by atoms with Gasteiger partial charge in [-0.2, -0.15) is 0 Å². The number of nitrogens with zero attached hydrogens (tertiary/aromatic N) is 2. The van der Waals surface area contributed by atoms with Gasteiger partial charge in [0.05, 0.1) is 5.69 Å². The lowest BCUT2D eigenvalue weighted by Gasteiger charge is -2.36. The fourth-order valence-corrected chi connectivity index (χ4v) is 2.52. The van der Waals surface area contributed by atoms with Gasteiger partial charge in [0.25, 0.3) is 0 Å². The van der Waals surface area contributed by atoms with Crippen molar-refractivity contribution >= 4 is 5.69 Å². The Morgan fingerprint density at radius 1 is 1.44 bits per heavy atom. The quantitative estimate of drug-likeness (QED) is 0.833. The van der Waals surface area contributed by atoms with Crippen LogP contribution >= 0.6 is 0 Å². The van der Waals surface area contributed by atoms with E-state index < -0.39 is 0 Å². The molecule has 2 rings (SSSR count). The van der Waals surface area contributed by atoms with Crippen LogP contribution in [0.1, 0.15) is 18.4 Å². The third kappa shape index (κ3) is 3.21. The van der Waals surface area contributed by atoms with Crippen LogP contribution < -0.4 is 5.73 Å². The average Bonchev–Trinajstić information content (AvgIpc) is 2.34. The molecule has 1 heterocycles. The van der Waals surface area contributed by atoms with Crippen molar-refractivity contribution < 1.29 is 4.39 Å². The van der Waals surface area contributed by atoms with Crippen molar-refractivity contribution in [1.82, 2.24) is 9.80 Å². The van der Waals surface area contributed by atoms with E-state index >= 15 is 0 Å². The molecule has 2 N–H and O–H groups in total. The molecule has 4 heteroatoms. The highest BCUT2D eigenvalue weighted by Gasteiger charge is 2.21. The van der Waals surface area contributed by atoms with Gasteiger partial charge in [0.2, 0.25) is 0 Å². The molecule has 1 saturated heterocycles. The van der Waals surface area contributed by atoms with Crippen LogP contribution in [-0.4, -0.2) is 43.0 Å². The van der Waals surface area contributed by atoms with Gasteiger partial charge in [-0.05, 0) is 51.2 Å². The molecule has 1 aliphatic rings. The van der Waals surface area contributed by atoms with Crippen LogP contribution in [0.2, 0.25) is 0 Å². The lowest BCUT2D eigenvalue weighted by Crippen LogP contribution is -2.44. The van der Waals surface area contributed by atoms with Crippen molar-refractivity contribution in [2.75, 3.05) is 32.9 Å². The zero-order chi connectivity index (χ0) is 13.1. The average molecular weight is 251 g/mol. The highest BCUT2D eigenvalue weighted by Crippen LogP contribution is 2.18. The summed E-state index contributed by atoms with van der Waals surface area (Å²) in [5, 5.41) is 0. The fourth-order valence-electron chi connectivity index (χ4n) is 2.52. The van der Waals surface area contributed by atoms with Crippen molar-refractivity contribution in [1.29, 1.82) is 0 Å². The van der Waals surface area contributed by atoms with E-state index in [1.807, 2.05) is 6.07 Å². The van der Waals surface area contributed by atoms with Gasteiger partial charge >= 0.3 is 0 Å². The number of hydrogen-bond donors (Lipinski definition) is 1. The maximum absolute atomic E-state index is 13.4. The molecule has 1 unspecified atom stereocenters. The first-order valence-electron chi connectivity index (χ1n) is 6.49. The molecule has 1 aromatic carbocycles. The maximum Gasteiger partial charge on any atom is 0.146 e. The molecular formula is C14H22FN3. The van der Waals surface area contributed by atoms with E-state index in [1.165, 1.54) is 12.8 Å². The Bertz CT molecular complexity index is 406. The zero-order valence-corrected chi connectivity index (χ0v) is 11.2. The number of nitrogen functional groups attached to an aromatic ring is 1. The lowest BCUT2D eigenvalue weighted by molar-refractivity contribution is 0.128. The standard InChI is InChI=1S/C14H22FN3/c1-17(2)12-4-3-7-18(10-12)9-11-5-6-14(16)13(15)8-11/h5-6,8,12H,3-4,7,9-10,16H2,1-2H3. The number of benzene rings is 1. The summed E-state index contributed by atoms with van der Waals surface area (Å²) in [4.78, 5) is 4.66. The smallest absolute Gasteiger partial charge is 0.146 e. The Balaban J connectivity index is 1.98. The van der Waals surface area contributed by atoms with Gasteiger partial charge < -0.3 is 10.6 Å². The van der Waals surface area contributed by atoms with Crippen molar-refractivity contribution in [3.63, 3.8) is 0 Å². The first-order valence-corrected chi connectivity index (χ1v) is 6.49. The van der Waals surface area contributed by atoms with E-state index in [2.05, 4.69) is 23.9 Å². The van der Waals surface area contributed by atoms with E-state index in [1.54, 1.807) is 12.1 Å². The second-order valence-corrected chi connectivity index (χ2v) is 5.35. The number of anilines is 1. The van der Waals surface area contributed by atoms with Gasteiger partial charge in [-0.1, -0.05) is 6.07 Å². The normalized spacial score (nSPS) is 21.4. The number of piperidine rings is 1. The largest absolute Gasteiger partial charge is 0.396 e. The first-order chi connectivity index (χ1) is 8.56. The Kier molecular flexibility index (Phi) is 4.19. The molecule has 100 valence electrons. The Labute approximate surface area is 108 Å². The second-order valence-electron chi connectivity index (χ2n) is 5.35. The number of likely N-dealkylation sites (N-methyl/N-ethyl adjacent to an activating group) is 1. The number of nitrogens with two attached hydrogens (primary N) is 1. The Morgan fingerprint density at radius 3 is 2.89 bits per heavy atom. The first kappa shape index (κ1) is 13.3. The van der Waals surface area contributed by atoms with Gasteiger partial charge in [0, 0.05) is 19.1 Å². The molecule has 0 aromatic heterocycles. The van der Waals surface area contributed by atoms with Crippen LogP contribution in [0.15, 0.2) is 18.2 Å². The molecule has 3 nitrogen and oxygen atoms in total. The van der Waals surface area contributed by atoms with Crippen molar-refractivity contribution in [2.24, 2.45) is 0 Å². The summed E-state index contributed by atoms with van der Waals surface area (Å²) >= 11 is 0. The summed E-state index contributed by atoms with van der Waals surface area (Å²) in [5.74, 6) is -0.311. The van der Waals surface area contributed by atoms with Gasteiger partial charge in [0.1, 0.15) is 5.82 Å². The molecular weight excluding hydrogens is 229 g/mol. The van der Waals surface area contributed by atoms with Crippen molar-refractivity contribution in [3.05, 3.63) is 29.6 Å². The SMILES string of the molecule is CN(C)C1CCCN(Cc2ccc(N)c(F)c2)C1. The predicted molar refractivity (Wildman–Crippen MR) is 72.8 cm³/mol. The Morgan fingerprint density at radius 2 is 2.22 bits per heavy atom. The molecule has 1 aliphatic heterocycles. The van der Waals surface area contributed by atoms with Crippen LogP contribution in [0.3, 0.4) is 0 Å². The maximum atomic E-state index is 13.4. The van der Waals surface area contributed by atoms with E-state index in [-0.39, 0.29) is 11.5 Å².